The molecule has 1 aromatic heterocycles. The molecule has 0 bridgehead atoms. The fraction of sp³-hybridized carbons (Fsp3) is 0.840. The van der Waals surface area contributed by atoms with Crippen LogP contribution in [0.3, 0.4) is 0 Å². The van der Waals surface area contributed by atoms with Crippen molar-refractivity contribution >= 4 is 16.6 Å². The predicted molar refractivity (Wildman–Crippen MR) is 139 cm³/mol. The third kappa shape index (κ3) is 4.47. The molecule has 34 heavy (non-hydrogen) atoms. The Hall–Kier alpha value is -1.01. The van der Waals surface area contributed by atoms with E-state index in [1.54, 1.807) is 0 Å². The monoisotopic (exact) mass is 508 g/mol. The zero-order valence-corrected chi connectivity index (χ0v) is 24.8. The van der Waals surface area contributed by atoms with Crippen LogP contribution in [0.25, 0.3) is 0 Å². The van der Waals surface area contributed by atoms with Gasteiger partial charge in [-0.05, 0) is 61.9 Å². The summed E-state index contributed by atoms with van der Waals surface area (Å²) in [6.07, 6.45) is 2.79. The van der Waals surface area contributed by atoms with Crippen molar-refractivity contribution in [3.05, 3.63) is 21.6 Å². The summed E-state index contributed by atoms with van der Waals surface area (Å²) in [4.78, 5) is 17.0. The first-order valence-electron chi connectivity index (χ1n) is 12.8. The van der Waals surface area contributed by atoms with Crippen molar-refractivity contribution in [2.45, 2.75) is 128 Å². The molecular formula is C25H44N2O5Si2. The maximum atomic E-state index is 12.7. The lowest BCUT2D eigenvalue weighted by Crippen LogP contribution is -2.50. The fourth-order valence-corrected chi connectivity index (χ4v) is 6.92. The normalized spacial score (nSPS) is 27.2. The molecule has 0 amide bonds. The Kier molecular flexibility index (Phi) is 6.55. The van der Waals surface area contributed by atoms with Crippen LogP contribution < -0.4 is 10.3 Å². The molecule has 0 saturated carbocycles. The average molecular weight is 509 g/mol. The summed E-state index contributed by atoms with van der Waals surface area (Å²) in [5.41, 5.74) is 1.75. The standard InChI is InChI=1S/C25H44N2O5Si2/c1-24(2,3)33(7,8)29-15-18-20(32-34(9,10)25(4,5)6)19-22(30-18)31-23-26-21(28)16-13-11-12-14-17(16)27(19)23/h18-20,22H,11-15H2,1-10H3/t18-,19+,20-,22+/m1/s1. The molecule has 3 heterocycles. The van der Waals surface area contributed by atoms with E-state index in [0.29, 0.717) is 12.6 Å². The van der Waals surface area contributed by atoms with Gasteiger partial charge < -0.3 is 18.3 Å². The van der Waals surface area contributed by atoms with Crippen LogP contribution in [0.1, 0.15) is 71.7 Å². The number of fused-ring (bicyclic) bond motifs is 5. The van der Waals surface area contributed by atoms with E-state index < -0.39 is 22.9 Å². The summed E-state index contributed by atoms with van der Waals surface area (Å²) in [5.74, 6) is 0. The number of nitrogens with zero attached hydrogens (tertiary/aromatic N) is 2. The van der Waals surface area contributed by atoms with Gasteiger partial charge in [-0.3, -0.25) is 9.36 Å². The van der Waals surface area contributed by atoms with E-state index in [0.717, 1.165) is 36.9 Å². The van der Waals surface area contributed by atoms with Crippen LogP contribution in [0.2, 0.25) is 36.3 Å². The van der Waals surface area contributed by atoms with Gasteiger partial charge in [-0.1, -0.05) is 41.5 Å². The Balaban J connectivity index is 1.71. The highest BCUT2D eigenvalue weighted by Gasteiger charge is 2.56. The van der Waals surface area contributed by atoms with Crippen molar-refractivity contribution in [3.63, 3.8) is 0 Å². The van der Waals surface area contributed by atoms with Crippen molar-refractivity contribution in [2.75, 3.05) is 6.61 Å². The summed E-state index contributed by atoms with van der Waals surface area (Å²) in [5, 5.41) is 0.169. The first kappa shape index (κ1) is 26.1. The molecule has 0 radical (unpaired) electrons. The molecule has 4 atom stereocenters. The Morgan fingerprint density at radius 2 is 1.62 bits per heavy atom. The highest BCUT2D eigenvalue weighted by molar-refractivity contribution is 6.74. The summed E-state index contributed by atoms with van der Waals surface area (Å²) in [7, 11) is -4.09. The van der Waals surface area contributed by atoms with Crippen molar-refractivity contribution in [2.24, 2.45) is 0 Å². The summed E-state index contributed by atoms with van der Waals surface area (Å²) in [6, 6.07) is 0.227. The summed E-state index contributed by atoms with van der Waals surface area (Å²) < 4.78 is 28.5. The molecule has 1 aliphatic carbocycles. The van der Waals surface area contributed by atoms with Gasteiger partial charge in [-0.15, -0.1) is 0 Å². The molecule has 4 rings (SSSR count). The van der Waals surface area contributed by atoms with Crippen LogP contribution in [0.4, 0.5) is 0 Å². The molecule has 9 heteroatoms. The van der Waals surface area contributed by atoms with Crippen LogP contribution in [0.5, 0.6) is 6.01 Å². The third-order valence-corrected chi connectivity index (χ3v) is 17.8. The smallest absolute Gasteiger partial charge is 0.302 e. The Morgan fingerprint density at radius 1 is 1.00 bits per heavy atom. The lowest BCUT2D eigenvalue weighted by Gasteiger charge is -2.41. The molecule has 3 aliphatic rings. The zero-order chi connectivity index (χ0) is 25.3. The van der Waals surface area contributed by atoms with Gasteiger partial charge >= 0.3 is 6.01 Å². The Morgan fingerprint density at radius 3 is 2.24 bits per heavy atom. The highest BCUT2D eigenvalue weighted by atomic mass is 28.4. The van der Waals surface area contributed by atoms with Crippen molar-refractivity contribution < 1.29 is 18.3 Å². The number of hydrogen-bond donors (Lipinski definition) is 0. The topological polar surface area (TPSA) is 71.8 Å². The van der Waals surface area contributed by atoms with Gasteiger partial charge in [-0.25, -0.2) is 0 Å². The van der Waals surface area contributed by atoms with E-state index in [1.807, 2.05) is 0 Å². The van der Waals surface area contributed by atoms with Crippen molar-refractivity contribution in [1.29, 1.82) is 0 Å². The average Bonchev–Trinajstić information content (AvgIpc) is 3.20. The molecule has 7 nitrogen and oxygen atoms in total. The molecular weight excluding hydrogens is 464 g/mol. The third-order valence-electron chi connectivity index (χ3n) is 8.85. The number of rotatable bonds is 5. The zero-order valence-electron chi connectivity index (χ0n) is 22.8. The van der Waals surface area contributed by atoms with Gasteiger partial charge in [0.15, 0.2) is 16.6 Å². The second-order valence-electron chi connectivity index (χ2n) is 13.3. The molecule has 1 saturated heterocycles. The van der Waals surface area contributed by atoms with Crippen molar-refractivity contribution in [3.8, 4) is 6.01 Å². The highest BCUT2D eigenvalue weighted by Crippen LogP contribution is 2.47. The Labute approximate surface area is 206 Å². The molecule has 192 valence electrons. The first-order chi connectivity index (χ1) is 15.5. The van der Waals surface area contributed by atoms with Gasteiger partial charge in [0.05, 0.1) is 6.61 Å². The van der Waals surface area contributed by atoms with Crippen molar-refractivity contribution in [1.82, 2.24) is 9.55 Å². The van der Waals surface area contributed by atoms with E-state index >= 15 is 0 Å². The number of aromatic nitrogens is 2. The van der Waals surface area contributed by atoms with Gasteiger partial charge in [0.25, 0.3) is 5.56 Å². The maximum absolute atomic E-state index is 12.7. The molecule has 2 aliphatic heterocycles. The first-order valence-corrected chi connectivity index (χ1v) is 18.6. The van der Waals surface area contributed by atoms with E-state index in [2.05, 4.69) is 77.3 Å². The van der Waals surface area contributed by atoms with Crippen LogP contribution in [-0.4, -0.2) is 51.3 Å². The largest absolute Gasteiger partial charge is 0.432 e. The molecule has 0 aromatic carbocycles. The second kappa shape index (κ2) is 8.54. The molecule has 0 spiro atoms. The minimum atomic E-state index is -2.13. The second-order valence-corrected chi connectivity index (χ2v) is 22.8. The van der Waals surface area contributed by atoms with E-state index in [-0.39, 0.29) is 33.9 Å². The van der Waals surface area contributed by atoms with Crippen LogP contribution >= 0.6 is 0 Å². The lowest BCUT2D eigenvalue weighted by atomic mass is 9.96. The quantitative estimate of drug-likeness (QED) is 0.510. The van der Waals surface area contributed by atoms with Crippen LogP contribution in [0, 0.1) is 0 Å². The van der Waals surface area contributed by atoms with Gasteiger partial charge in [0.1, 0.15) is 18.2 Å². The molecule has 0 N–H and O–H groups in total. The lowest BCUT2D eigenvalue weighted by molar-refractivity contribution is -0.0886. The van der Waals surface area contributed by atoms with E-state index in [1.165, 1.54) is 0 Å². The maximum Gasteiger partial charge on any atom is 0.302 e. The minimum Gasteiger partial charge on any atom is -0.432 e. The van der Waals surface area contributed by atoms with Gasteiger partial charge in [-0.2, -0.15) is 4.98 Å². The van der Waals surface area contributed by atoms with Gasteiger partial charge in [0, 0.05) is 11.3 Å². The fourth-order valence-electron chi connectivity index (χ4n) is 4.58. The number of hydrogen-bond acceptors (Lipinski definition) is 6. The SMILES string of the molecule is CC(C)(C)[Si](C)(C)OC[C@H]1O[C@H]2Oc3nc(=O)c4c(n3[C@H]2[C@@H]1O[Si](C)(C)C(C)(C)C)CCCC4. The molecule has 0 unspecified atom stereocenters. The van der Waals surface area contributed by atoms with Crippen LogP contribution in [-0.2, 0) is 26.4 Å². The Bertz CT molecular complexity index is 993. The van der Waals surface area contributed by atoms with Crippen LogP contribution in [0.15, 0.2) is 4.79 Å². The minimum absolute atomic E-state index is 0.0550. The van der Waals surface area contributed by atoms with Gasteiger partial charge in [0.2, 0.25) is 6.29 Å². The summed E-state index contributed by atoms with van der Waals surface area (Å²) in [6.45, 7) is 23.1. The van der Waals surface area contributed by atoms with E-state index in [9.17, 15) is 4.79 Å². The number of ether oxygens (including phenoxy) is 2. The molecule has 1 fully saturated rings. The molecule has 1 aromatic rings. The van der Waals surface area contributed by atoms with E-state index in [4.69, 9.17) is 18.3 Å². The summed E-state index contributed by atoms with van der Waals surface area (Å²) >= 11 is 0. The predicted octanol–water partition coefficient (Wildman–Crippen LogP) is 5.19.